The summed E-state index contributed by atoms with van der Waals surface area (Å²) in [7, 11) is 3.68. The Morgan fingerprint density at radius 1 is 1.12 bits per heavy atom. The molecule has 2 aromatic heterocycles. The van der Waals surface area contributed by atoms with Crippen LogP contribution in [0.3, 0.4) is 0 Å². The van der Waals surface area contributed by atoms with E-state index in [1.54, 1.807) is 40.3 Å². The zero-order chi connectivity index (χ0) is 23.5. The summed E-state index contributed by atoms with van der Waals surface area (Å²) in [4.78, 5) is 41.4. The van der Waals surface area contributed by atoms with Crippen LogP contribution >= 0.6 is 0 Å². The van der Waals surface area contributed by atoms with Crippen molar-refractivity contribution in [1.82, 2.24) is 19.9 Å². The second-order valence-corrected chi connectivity index (χ2v) is 8.12. The molecule has 33 heavy (non-hydrogen) atoms. The van der Waals surface area contributed by atoms with E-state index in [9.17, 15) is 9.59 Å². The first-order valence-electron chi connectivity index (χ1n) is 10.6. The molecule has 2 amide bonds. The van der Waals surface area contributed by atoms with Crippen molar-refractivity contribution < 1.29 is 14.3 Å². The lowest BCUT2D eigenvalue weighted by atomic mass is 10.0. The molecular weight excluding hydrogens is 420 g/mol. The van der Waals surface area contributed by atoms with Gasteiger partial charge in [-0.25, -0.2) is 9.97 Å². The van der Waals surface area contributed by atoms with Gasteiger partial charge in [0.05, 0.1) is 18.8 Å². The number of aromatic nitrogens is 3. The Morgan fingerprint density at radius 2 is 1.94 bits per heavy atom. The standard InChI is InChI=1S/C24H26N6O3/c1-15-11-20(28-24(27-15)29(2)3)23(32)30-9-10-33-21(14-30)19-8-7-18(13-26-19)16-5-4-6-17(12-16)22(25)31/h4-8,11-13,21H,9-10,14H2,1-3H3,(H2,25,31)/t21-/m0/s1. The second-order valence-electron chi connectivity index (χ2n) is 8.12. The van der Waals surface area contributed by atoms with Gasteiger partial charge < -0.3 is 20.3 Å². The summed E-state index contributed by atoms with van der Waals surface area (Å²) in [6.45, 7) is 3.11. The van der Waals surface area contributed by atoms with Crippen molar-refractivity contribution in [2.75, 3.05) is 38.7 Å². The molecule has 170 valence electrons. The molecule has 1 saturated heterocycles. The number of hydrogen-bond acceptors (Lipinski definition) is 7. The molecule has 9 heteroatoms. The summed E-state index contributed by atoms with van der Waals surface area (Å²) in [5.74, 6) is -0.129. The Morgan fingerprint density at radius 3 is 2.64 bits per heavy atom. The van der Waals surface area contributed by atoms with Crippen LogP contribution < -0.4 is 10.6 Å². The maximum absolute atomic E-state index is 13.1. The molecule has 1 aromatic carbocycles. The van der Waals surface area contributed by atoms with E-state index in [0.717, 1.165) is 22.5 Å². The van der Waals surface area contributed by atoms with Gasteiger partial charge in [-0.3, -0.25) is 14.6 Å². The topological polar surface area (TPSA) is 115 Å². The molecule has 1 aliphatic heterocycles. The Bertz CT molecular complexity index is 1180. The van der Waals surface area contributed by atoms with Gasteiger partial charge in [-0.15, -0.1) is 0 Å². The predicted octanol–water partition coefficient (Wildman–Crippen LogP) is 2.23. The second kappa shape index (κ2) is 9.33. The molecule has 0 aliphatic carbocycles. The fourth-order valence-corrected chi connectivity index (χ4v) is 3.66. The van der Waals surface area contributed by atoms with Crippen LogP contribution in [0.5, 0.6) is 0 Å². The van der Waals surface area contributed by atoms with Crippen LogP contribution in [-0.4, -0.2) is 65.5 Å². The van der Waals surface area contributed by atoms with Crippen LogP contribution in [0.25, 0.3) is 11.1 Å². The summed E-state index contributed by atoms with van der Waals surface area (Å²) >= 11 is 0. The van der Waals surface area contributed by atoms with Crippen LogP contribution in [0.1, 0.15) is 38.3 Å². The Hall–Kier alpha value is -3.85. The summed E-state index contributed by atoms with van der Waals surface area (Å²) in [6, 6.07) is 12.6. The van der Waals surface area contributed by atoms with E-state index in [-0.39, 0.29) is 12.0 Å². The van der Waals surface area contributed by atoms with Crippen molar-refractivity contribution in [2.24, 2.45) is 5.73 Å². The van der Waals surface area contributed by atoms with E-state index in [0.29, 0.717) is 36.9 Å². The van der Waals surface area contributed by atoms with Gasteiger partial charge in [-0.2, -0.15) is 0 Å². The van der Waals surface area contributed by atoms with E-state index >= 15 is 0 Å². The van der Waals surface area contributed by atoms with Crippen molar-refractivity contribution in [2.45, 2.75) is 13.0 Å². The molecule has 3 heterocycles. The zero-order valence-electron chi connectivity index (χ0n) is 18.9. The third kappa shape index (κ3) is 4.98. The van der Waals surface area contributed by atoms with Crippen molar-refractivity contribution in [3.63, 3.8) is 0 Å². The average molecular weight is 447 g/mol. The molecule has 0 spiro atoms. The molecule has 0 saturated carbocycles. The largest absolute Gasteiger partial charge is 0.368 e. The molecule has 1 aliphatic rings. The lowest BCUT2D eigenvalue weighted by molar-refractivity contribution is -0.0249. The predicted molar refractivity (Wildman–Crippen MR) is 124 cm³/mol. The van der Waals surface area contributed by atoms with Gasteiger partial charge in [0.2, 0.25) is 11.9 Å². The maximum Gasteiger partial charge on any atom is 0.272 e. The summed E-state index contributed by atoms with van der Waals surface area (Å²) in [5, 5.41) is 0. The first-order chi connectivity index (χ1) is 15.8. The van der Waals surface area contributed by atoms with Gasteiger partial charge >= 0.3 is 0 Å². The molecule has 1 fully saturated rings. The third-order valence-electron chi connectivity index (χ3n) is 5.41. The molecule has 2 N–H and O–H groups in total. The number of benzene rings is 1. The summed E-state index contributed by atoms with van der Waals surface area (Å²) in [5.41, 5.74) is 9.36. The summed E-state index contributed by atoms with van der Waals surface area (Å²) in [6.07, 6.45) is 1.39. The first-order valence-corrected chi connectivity index (χ1v) is 10.6. The molecule has 0 unspecified atom stereocenters. The minimum atomic E-state index is -0.474. The molecule has 1 atom stereocenters. The molecule has 9 nitrogen and oxygen atoms in total. The molecular formula is C24H26N6O3. The zero-order valence-corrected chi connectivity index (χ0v) is 18.9. The number of amides is 2. The number of aryl methyl sites for hydroxylation is 1. The van der Waals surface area contributed by atoms with Gasteiger partial charge in [-0.1, -0.05) is 18.2 Å². The number of carbonyl (C=O) groups excluding carboxylic acids is 2. The van der Waals surface area contributed by atoms with E-state index in [1.165, 1.54) is 0 Å². The average Bonchev–Trinajstić information content (AvgIpc) is 2.83. The lowest BCUT2D eigenvalue weighted by Gasteiger charge is -2.32. The minimum Gasteiger partial charge on any atom is -0.368 e. The number of nitrogens with two attached hydrogens (primary N) is 1. The highest BCUT2D eigenvalue weighted by Gasteiger charge is 2.28. The van der Waals surface area contributed by atoms with Crippen molar-refractivity contribution in [1.29, 1.82) is 0 Å². The number of primary amides is 1. The lowest BCUT2D eigenvalue weighted by Crippen LogP contribution is -2.42. The van der Waals surface area contributed by atoms with Gasteiger partial charge in [-0.05, 0) is 36.8 Å². The normalized spacial score (nSPS) is 15.8. The smallest absolute Gasteiger partial charge is 0.272 e. The van der Waals surface area contributed by atoms with E-state index in [2.05, 4.69) is 15.0 Å². The van der Waals surface area contributed by atoms with Crippen molar-refractivity contribution >= 4 is 17.8 Å². The molecule has 0 radical (unpaired) electrons. The quantitative estimate of drug-likeness (QED) is 0.639. The SMILES string of the molecule is Cc1cc(C(=O)N2CCO[C@H](c3ccc(-c4cccc(C(N)=O)c4)cn3)C2)nc(N(C)C)n1. The van der Waals surface area contributed by atoms with E-state index in [1.807, 2.05) is 39.2 Å². The number of anilines is 1. The fraction of sp³-hybridized carbons (Fsp3) is 0.292. The van der Waals surface area contributed by atoms with Crippen molar-refractivity contribution in [3.05, 3.63) is 71.3 Å². The third-order valence-corrected chi connectivity index (χ3v) is 5.41. The molecule has 0 bridgehead atoms. The first kappa shape index (κ1) is 22.3. The van der Waals surface area contributed by atoms with Crippen molar-refractivity contribution in [3.8, 4) is 11.1 Å². The Balaban J connectivity index is 1.50. The highest BCUT2D eigenvalue weighted by atomic mass is 16.5. The Labute approximate surface area is 192 Å². The van der Waals surface area contributed by atoms with Gasteiger partial charge in [0.1, 0.15) is 11.8 Å². The number of ether oxygens (including phenoxy) is 1. The maximum atomic E-state index is 13.1. The highest BCUT2D eigenvalue weighted by Crippen LogP contribution is 2.25. The highest BCUT2D eigenvalue weighted by molar-refractivity contribution is 5.94. The molecule has 3 aromatic rings. The number of hydrogen-bond donors (Lipinski definition) is 1. The van der Waals surface area contributed by atoms with Crippen LogP contribution in [-0.2, 0) is 4.74 Å². The Kier molecular flexibility index (Phi) is 6.32. The van der Waals surface area contributed by atoms with Gasteiger partial charge in [0.25, 0.3) is 5.91 Å². The van der Waals surface area contributed by atoms with E-state index < -0.39 is 5.91 Å². The number of rotatable bonds is 5. The number of carbonyl (C=O) groups is 2. The minimum absolute atomic E-state index is 0.156. The van der Waals surface area contributed by atoms with Crippen LogP contribution in [0.4, 0.5) is 5.95 Å². The van der Waals surface area contributed by atoms with Gasteiger partial charge in [0, 0.05) is 43.7 Å². The van der Waals surface area contributed by atoms with Gasteiger partial charge in [0.15, 0.2) is 0 Å². The molecule has 4 rings (SSSR count). The summed E-state index contributed by atoms with van der Waals surface area (Å²) < 4.78 is 5.90. The number of pyridine rings is 1. The van der Waals surface area contributed by atoms with Crippen LogP contribution in [0.2, 0.25) is 0 Å². The van der Waals surface area contributed by atoms with Crippen LogP contribution in [0.15, 0.2) is 48.7 Å². The number of morpholine rings is 1. The van der Waals surface area contributed by atoms with Crippen LogP contribution in [0, 0.1) is 6.92 Å². The van der Waals surface area contributed by atoms with E-state index in [4.69, 9.17) is 10.5 Å². The fourth-order valence-electron chi connectivity index (χ4n) is 3.66. The monoisotopic (exact) mass is 446 g/mol. The number of nitrogens with zero attached hydrogens (tertiary/aromatic N) is 5.